The summed E-state index contributed by atoms with van der Waals surface area (Å²) in [6.07, 6.45) is -2.87. The van der Waals surface area contributed by atoms with E-state index in [0.717, 1.165) is 5.56 Å². The highest BCUT2D eigenvalue weighted by Crippen LogP contribution is 2.13. The van der Waals surface area contributed by atoms with Crippen LogP contribution in [0.5, 0.6) is 0 Å². The fraction of sp³-hybridized carbons (Fsp3) is 0.318. The van der Waals surface area contributed by atoms with Crippen LogP contribution in [0, 0.1) is 0 Å². The normalized spacial score (nSPS) is 12.2. The van der Waals surface area contributed by atoms with Gasteiger partial charge in [-0.25, -0.2) is 9.59 Å². The number of benzene rings is 1. The number of aliphatic carboxylic acids is 2. The van der Waals surface area contributed by atoms with Gasteiger partial charge in [-0.1, -0.05) is 30.3 Å². The molecule has 0 bridgehead atoms. The molecule has 0 saturated heterocycles. The Morgan fingerprint density at radius 2 is 1.71 bits per heavy atom. The van der Waals surface area contributed by atoms with Crippen molar-refractivity contribution in [1.29, 1.82) is 0 Å². The van der Waals surface area contributed by atoms with Gasteiger partial charge >= 0.3 is 18.1 Å². The van der Waals surface area contributed by atoms with E-state index in [1.165, 1.54) is 10.6 Å². The van der Waals surface area contributed by atoms with Crippen LogP contribution in [0.15, 0.2) is 58.4 Å². The number of carboxylic acid groups (broad SMARTS) is 2. The number of rotatable bonds is 9. The van der Waals surface area contributed by atoms with E-state index in [2.05, 4.69) is 10.3 Å². The van der Waals surface area contributed by atoms with Crippen molar-refractivity contribution in [2.75, 3.05) is 6.54 Å². The van der Waals surface area contributed by atoms with Gasteiger partial charge in [-0.3, -0.25) is 14.6 Å². The van der Waals surface area contributed by atoms with Gasteiger partial charge in [0, 0.05) is 12.7 Å². The largest absolute Gasteiger partial charge is 0.490 e. The molecule has 1 heterocycles. The van der Waals surface area contributed by atoms with Crippen molar-refractivity contribution >= 4 is 23.7 Å². The fourth-order valence-corrected chi connectivity index (χ4v) is 2.66. The van der Waals surface area contributed by atoms with E-state index in [1.54, 1.807) is 19.2 Å². The number of nitrogens with zero attached hydrogens (tertiary/aromatic N) is 2. The summed E-state index contributed by atoms with van der Waals surface area (Å²) in [6, 6.07) is 11.2. The number of nitrogens with one attached hydrogen (secondary N) is 1. The van der Waals surface area contributed by atoms with Crippen LogP contribution in [0.4, 0.5) is 13.2 Å². The minimum absolute atomic E-state index is 0.0968. The van der Waals surface area contributed by atoms with Crippen molar-refractivity contribution in [2.45, 2.75) is 38.5 Å². The Bertz CT molecular complexity index is 1100. The second-order valence-corrected chi connectivity index (χ2v) is 7.17. The van der Waals surface area contributed by atoms with Crippen LogP contribution < -0.4 is 16.6 Å². The van der Waals surface area contributed by atoms with E-state index < -0.39 is 35.6 Å². The predicted octanol–water partition coefficient (Wildman–Crippen LogP) is 1.87. The average Bonchev–Trinajstić information content (AvgIpc) is 2.77. The third kappa shape index (κ3) is 10.5. The summed E-state index contributed by atoms with van der Waals surface area (Å²) in [6.45, 7) is 2.34. The molecule has 0 aliphatic heterocycles. The molecular formula is C22H25F3N4O6. The number of aliphatic imine (C=N–C) groups is 1. The van der Waals surface area contributed by atoms with Crippen molar-refractivity contribution in [1.82, 2.24) is 9.88 Å². The van der Waals surface area contributed by atoms with Gasteiger partial charge in [-0.15, -0.1) is 0 Å². The number of alkyl halides is 3. The van der Waals surface area contributed by atoms with Gasteiger partial charge in [0.15, 0.2) is 0 Å². The van der Waals surface area contributed by atoms with Gasteiger partial charge < -0.3 is 25.8 Å². The summed E-state index contributed by atoms with van der Waals surface area (Å²) in [5.74, 6) is -4.22. The van der Waals surface area contributed by atoms with Crippen LogP contribution >= 0.6 is 0 Å². The van der Waals surface area contributed by atoms with Crippen molar-refractivity contribution in [3.63, 3.8) is 0 Å². The average molecular weight is 498 g/mol. The van der Waals surface area contributed by atoms with Crippen LogP contribution in [-0.2, 0) is 16.1 Å². The maximum atomic E-state index is 12.6. The SMILES string of the molecule is CC(N)=NCCC[C@H](NC(=O)c1cccn(Cc2ccccc2)c1=O)C(=O)O.O=C(O)C(F)(F)F. The van der Waals surface area contributed by atoms with Crippen molar-refractivity contribution in [3.8, 4) is 0 Å². The number of carbonyl (C=O) groups is 3. The topological polar surface area (TPSA) is 164 Å². The summed E-state index contributed by atoms with van der Waals surface area (Å²) < 4.78 is 33.2. The highest BCUT2D eigenvalue weighted by molar-refractivity contribution is 5.96. The number of hydrogen-bond acceptors (Lipinski definition) is 5. The highest BCUT2D eigenvalue weighted by Gasteiger charge is 2.38. The van der Waals surface area contributed by atoms with E-state index in [1.807, 2.05) is 30.3 Å². The summed E-state index contributed by atoms with van der Waals surface area (Å²) in [7, 11) is 0. The molecule has 2 aromatic rings. The maximum absolute atomic E-state index is 12.6. The van der Waals surface area contributed by atoms with Gasteiger partial charge in [-0.05, 0) is 37.5 Å². The summed E-state index contributed by atoms with van der Waals surface area (Å²) in [4.78, 5) is 49.4. The van der Waals surface area contributed by atoms with Gasteiger partial charge in [0.25, 0.3) is 11.5 Å². The van der Waals surface area contributed by atoms with Gasteiger partial charge in [-0.2, -0.15) is 13.2 Å². The van der Waals surface area contributed by atoms with Crippen molar-refractivity contribution < 1.29 is 37.8 Å². The molecule has 0 aliphatic rings. The number of carbonyl (C=O) groups excluding carboxylic acids is 1. The maximum Gasteiger partial charge on any atom is 0.490 e. The van der Waals surface area contributed by atoms with E-state index in [4.69, 9.17) is 15.6 Å². The zero-order chi connectivity index (χ0) is 26.6. The molecule has 0 fully saturated rings. The first-order valence-corrected chi connectivity index (χ1v) is 10.2. The lowest BCUT2D eigenvalue weighted by Gasteiger charge is -2.14. The molecule has 5 N–H and O–H groups in total. The molecule has 0 saturated carbocycles. The van der Waals surface area contributed by atoms with Crippen LogP contribution in [-0.4, -0.2) is 57.2 Å². The lowest BCUT2D eigenvalue weighted by Crippen LogP contribution is -2.43. The highest BCUT2D eigenvalue weighted by atomic mass is 19.4. The third-order valence-corrected chi connectivity index (χ3v) is 4.32. The summed E-state index contributed by atoms with van der Waals surface area (Å²) >= 11 is 0. The molecule has 1 aromatic heterocycles. The van der Waals surface area contributed by atoms with Crippen molar-refractivity contribution in [2.24, 2.45) is 10.7 Å². The monoisotopic (exact) mass is 498 g/mol. The van der Waals surface area contributed by atoms with Crippen LogP contribution in [0.3, 0.4) is 0 Å². The Kier molecular flexibility index (Phi) is 11.2. The first-order valence-electron chi connectivity index (χ1n) is 10.2. The fourth-order valence-electron chi connectivity index (χ4n) is 2.66. The number of amidine groups is 1. The lowest BCUT2D eigenvalue weighted by molar-refractivity contribution is -0.192. The molecule has 1 amide bonds. The minimum Gasteiger partial charge on any atom is -0.480 e. The Labute approximate surface area is 197 Å². The number of pyridine rings is 1. The molecule has 10 nitrogen and oxygen atoms in total. The van der Waals surface area contributed by atoms with Gasteiger partial charge in [0.1, 0.15) is 11.6 Å². The number of halogens is 3. The lowest BCUT2D eigenvalue weighted by atomic mass is 10.1. The zero-order valence-electron chi connectivity index (χ0n) is 18.7. The number of nitrogens with two attached hydrogens (primary N) is 1. The van der Waals surface area contributed by atoms with Crippen molar-refractivity contribution in [3.05, 3.63) is 70.1 Å². The smallest absolute Gasteiger partial charge is 0.480 e. The van der Waals surface area contributed by atoms with E-state index >= 15 is 0 Å². The van der Waals surface area contributed by atoms with E-state index in [0.29, 0.717) is 25.3 Å². The molecule has 190 valence electrons. The van der Waals surface area contributed by atoms with Gasteiger partial charge in [0.2, 0.25) is 0 Å². The summed E-state index contributed by atoms with van der Waals surface area (Å²) in [5.41, 5.74) is 5.78. The molecule has 0 spiro atoms. The Hall–Kier alpha value is -4.16. The first-order chi connectivity index (χ1) is 16.3. The Morgan fingerprint density at radius 3 is 2.23 bits per heavy atom. The molecule has 2 rings (SSSR count). The van der Waals surface area contributed by atoms with Gasteiger partial charge in [0.05, 0.1) is 12.4 Å². The van der Waals surface area contributed by atoms with Crippen LogP contribution in [0.25, 0.3) is 0 Å². The second-order valence-electron chi connectivity index (χ2n) is 7.17. The molecule has 0 unspecified atom stereocenters. The Balaban J connectivity index is 0.000000762. The molecule has 1 aromatic carbocycles. The second kappa shape index (κ2) is 13.5. The van der Waals surface area contributed by atoms with Crippen LogP contribution in [0.2, 0.25) is 0 Å². The van der Waals surface area contributed by atoms with Crippen LogP contribution in [0.1, 0.15) is 35.7 Å². The number of carboxylic acids is 2. The quantitative estimate of drug-likeness (QED) is 0.233. The predicted molar refractivity (Wildman–Crippen MR) is 120 cm³/mol. The minimum atomic E-state index is -5.08. The van der Waals surface area contributed by atoms with E-state index in [-0.39, 0.29) is 12.0 Å². The molecule has 1 atom stereocenters. The molecular weight excluding hydrogens is 473 g/mol. The first kappa shape index (κ1) is 28.9. The Morgan fingerprint density at radius 1 is 1.11 bits per heavy atom. The molecule has 35 heavy (non-hydrogen) atoms. The third-order valence-electron chi connectivity index (χ3n) is 4.32. The standard InChI is InChI=1S/C20H24N4O4.C2HF3O2/c1-14(21)22-11-5-10-17(20(27)28)23-18(25)16-9-6-12-24(19(16)26)13-15-7-3-2-4-8-15;3-2(4,5)1(6)7/h2-4,6-9,12,17H,5,10-11,13H2,1H3,(H2,21,22)(H,23,25)(H,27,28);(H,6,7)/t17-;/m0./s1. The molecule has 0 radical (unpaired) electrons. The molecule has 0 aliphatic carbocycles. The zero-order valence-corrected chi connectivity index (χ0v) is 18.7. The number of hydrogen-bond donors (Lipinski definition) is 4. The summed E-state index contributed by atoms with van der Waals surface area (Å²) in [5, 5.41) is 18.9. The molecule has 13 heteroatoms. The number of amides is 1. The number of aromatic nitrogens is 1. The van der Waals surface area contributed by atoms with E-state index in [9.17, 15) is 32.7 Å².